The molecule has 0 radical (unpaired) electrons. The van der Waals surface area contributed by atoms with Crippen LogP contribution in [0.5, 0.6) is 17.6 Å². The van der Waals surface area contributed by atoms with Gasteiger partial charge in [-0.15, -0.1) is 0 Å². The SMILES string of the molecule is CNCc1cc(C(F)(F)F)cc(C(F)(F)F)c1.Cc1ccccc1Oc1nc(OCCN(C)C)ncc1C(=O)O. The van der Waals surface area contributed by atoms with Crippen molar-refractivity contribution in [3.8, 4) is 17.6 Å². The number of hydrogen-bond donors (Lipinski definition) is 2. The number of benzene rings is 2. The molecule has 0 aliphatic rings. The number of carboxylic acid groups (broad SMARTS) is 1. The number of aromatic nitrogens is 2. The highest BCUT2D eigenvalue weighted by atomic mass is 19.4. The predicted octanol–water partition coefficient (Wildman–Crippen LogP) is 5.66. The molecule has 1 aromatic heterocycles. The maximum Gasteiger partial charge on any atom is 0.416 e. The fraction of sp³-hybridized carbons (Fsp3) is 0.346. The van der Waals surface area contributed by atoms with Crippen molar-refractivity contribution < 1.29 is 45.7 Å². The zero-order chi connectivity index (χ0) is 30.1. The number of hydrogen-bond acceptors (Lipinski definition) is 7. The monoisotopic (exact) mass is 574 g/mol. The number of aryl methyl sites for hydroxylation is 1. The van der Waals surface area contributed by atoms with E-state index < -0.39 is 29.4 Å². The average Bonchev–Trinajstić information content (AvgIpc) is 2.84. The second-order valence-electron chi connectivity index (χ2n) is 8.64. The van der Waals surface area contributed by atoms with Gasteiger partial charge in [-0.1, -0.05) is 18.2 Å². The fourth-order valence-electron chi connectivity index (χ4n) is 3.07. The van der Waals surface area contributed by atoms with E-state index in [9.17, 15) is 36.2 Å². The van der Waals surface area contributed by atoms with Crippen molar-refractivity contribution in [3.05, 3.63) is 76.5 Å². The van der Waals surface area contributed by atoms with Crippen LogP contribution in [0.1, 0.15) is 32.6 Å². The molecule has 14 heteroatoms. The lowest BCUT2D eigenvalue weighted by Gasteiger charge is -2.13. The molecule has 0 aliphatic carbocycles. The van der Waals surface area contributed by atoms with E-state index in [1.165, 1.54) is 13.2 Å². The Morgan fingerprint density at radius 1 is 1.02 bits per heavy atom. The van der Waals surface area contributed by atoms with Gasteiger partial charge < -0.3 is 24.8 Å². The Kier molecular flexibility index (Phi) is 11.3. The molecule has 2 N–H and O–H groups in total. The maximum absolute atomic E-state index is 12.4. The van der Waals surface area contributed by atoms with Crippen LogP contribution in [0.4, 0.5) is 26.3 Å². The topological polar surface area (TPSA) is 96.8 Å². The van der Waals surface area contributed by atoms with E-state index in [1.807, 2.05) is 38.1 Å². The molecule has 0 aliphatic heterocycles. The van der Waals surface area contributed by atoms with Crippen LogP contribution in [0.25, 0.3) is 0 Å². The fourth-order valence-corrected chi connectivity index (χ4v) is 3.07. The summed E-state index contributed by atoms with van der Waals surface area (Å²) in [5, 5.41) is 11.8. The number of rotatable bonds is 9. The largest absolute Gasteiger partial charge is 0.477 e. The van der Waals surface area contributed by atoms with Gasteiger partial charge in [0.1, 0.15) is 17.9 Å². The van der Waals surface area contributed by atoms with Gasteiger partial charge in [-0.25, -0.2) is 9.78 Å². The summed E-state index contributed by atoms with van der Waals surface area (Å²) in [6.07, 6.45) is -8.39. The van der Waals surface area contributed by atoms with E-state index >= 15 is 0 Å². The first-order chi connectivity index (χ1) is 18.6. The zero-order valence-electron chi connectivity index (χ0n) is 22.0. The van der Waals surface area contributed by atoms with Crippen molar-refractivity contribution in [1.82, 2.24) is 20.2 Å². The Bertz CT molecular complexity index is 1250. The van der Waals surface area contributed by atoms with Gasteiger partial charge in [0.15, 0.2) is 0 Å². The third kappa shape index (κ3) is 10.0. The number of para-hydroxylation sites is 1. The summed E-state index contributed by atoms with van der Waals surface area (Å²) < 4.78 is 85.4. The standard InChI is InChI=1S/C16H19N3O4.C10H9F6N/c1-11-6-4-5-7-13(11)23-14-12(15(20)21)10-17-16(18-14)22-9-8-19(2)3;1-17-5-6-2-7(9(11,12)13)4-8(3-6)10(14,15)16/h4-7,10H,8-9H2,1-3H3,(H,20,21);2-4,17H,5H2,1H3. The molecule has 0 saturated heterocycles. The van der Waals surface area contributed by atoms with Gasteiger partial charge in [0, 0.05) is 13.1 Å². The molecule has 218 valence electrons. The highest BCUT2D eigenvalue weighted by molar-refractivity contribution is 5.89. The number of nitrogens with zero attached hydrogens (tertiary/aromatic N) is 3. The van der Waals surface area contributed by atoms with Gasteiger partial charge in [-0.3, -0.25) is 0 Å². The van der Waals surface area contributed by atoms with E-state index in [0.717, 1.165) is 5.56 Å². The van der Waals surface area contributed by atoms with Crippen molar-refractivity contribution in [3.63, 3.8) is 0 Å². The molecule has 2 aromatic carbocycles. The minimum Gasteiger partial charge on any atom is -0.477 e. The Labute approximate surface area is 226 Å². The van der Waals surface area contributed by atoms with E-state index in [-0.39, 0.29) is 35.6 Å². The summed E-state index contributed by atoms with van der Waals surface area (Å²) in [6, 6.07) is 8.88. The maximum atomic E-state index is 12.4. The van der Waals surface area contributed by atoms with E-state index in [0.29, 0.717) is 31.0 Å². The van der Waals surface area contributed by atoms with Crippen LogP contribution in [0.3, 0.4) is 0 Å². The van der Waals surface area contributed by atoms with Crippen molar-refractivity contribution >= 4 is 5.97 Å². The van der Waals surface area contributed by atoms with Gasteiger partial charge >= 0.3 is 24.3 Å². The van der Waals surface area contributed by atoms with Gasteiger partial charge in [0.05, 0.1) is 17.3 Å². The molecule has 0 amide bonds. The molecular weight excluding hydrogens is 546 g/mol. The molecule has 0 bridgehead atoms. The van der Waals surface area contributed by atoms with Crippen molar-refractivity contribution in [2.75, 3.05) is 34.3 Å². The van der Waals surface area contributed by atoms with E-state index in [2.05, 4.69) is 15.3 Å². The molecule has 1 heterocycles. The van der Waals surface area contributed by atoms with Crippen molar-refractivity contribution in [2.24, 2.45) is 0 Å². The third-order valence-electron chi connectivity index (χ3n) is 5.06. The molecule has 8 nitrogen and oxygen atoms in total. The zero-order valence-corrected chi connectivity index (χ0v) is 22.0. The highest BCUT2D eigenvalue weighted by Crippen LogP contribution is 2.36. The van der Waals surface area contributed by atoms with Crippen LogP contribution in [-0.2, 0) is 18.9 Å². The Hall–Kier alpha value is -3.91. The summed E-state index contributed by atoms with van der Waals surface area (Å²) in [5.74, 6) is -0.664. The van der Waals surface area contributed by atoms with E-state index in [4.69, 9.17) is 9.47 Å². The molecule has 0 atom stereocenters. The Balaban J connectivity index is 0.000000294. The number of ether oxygens (including phenoxy) is 2. The first kappa shape index (κ1) is 32.3. The summed E-state index contributed by atoms with van der Waals surface area (Å²) >= 11 is 0. The summed E-state index contributed by atoms with van der Waals surface area (Å²) in [6.45, 7) is 2.89. The second kappa shape index (κ2) is 13.9. The summed E-state index contributed by atoms with van der Waals surface area (Å²) in [5.41, 5.74) is -1.89. The van der Waals surface area contributed by atoms with Crippen molar-refractivity contribution in [1.29, 1.82) is 0 Å². The van der Waals surface area contributed by atoms with Gasteiger partial charge in [0.25, 0.3) is 0 Å². The second-order valence-corrected chi connectivity index (χ2v) is 8.64. The lowest BCUT2D eigenvalue weighted by Crippen LogP contribution is -2.20. The average molecular weight is 575 g/mol. The quantitative estimate of drug-likeness (QED) is 0.316. The smallest absolute Gasteiger partial charge is 0.416 e. The van der Waals surface area contributed by atoms with Crippen LogP contribution in [0, 0.1) is 6.92 Å². The normalized spacial score (nSPS) is 11.6. The lowest BCUT2D eigenvalue weighted by atomic mass is 10.0. The van der Waals surface area contributed by atoms with Crippen molar-refractivity contribution in [2.45, 2.75) is 25.8 Å². The molecule has 3 aromatic rings. The van der Waals surface area contributed by atoms with Crippen LogP contribution in [-0.4, -0.2) is 60.2 Å². The lowest BCUT2D eigenvalue weighted by molar-refractivity contribution is -0.143. The number of halogens is 6. The van der Waals surface area contributed by atoms with Gasteiger partial charge in [0.2, 0.25) is 5.88 Å². The van der Waals surface area contributed by atoms with Crippen LogP contribution < -0.4 is 14.8 Å². The third-order valence-corrected chi connectivity index (χ3v) is 5.06. The summed E-state index contributed by atoms with van der Waals surface area (Å²) in [7, 11) is 5.28. The number of carbonyl (C=O) groups is 1. The summed E-state index contributed by atoms with van der Waals surface area (Å²) in [4.78, 5) is 21.2. The number of nitrogens with one attached hydrogen (secondary N) is 1. The van der Waals surface area contributed by atoms with Crippen LogP contribution >= 0.6 is 0 Å². The first-order valence-corrected chi connectivity index (χ1v) is 11.7. The molecule has 0 saturated carbocycles. The Morgan fingerprint density at radius 2 is 1.62 bits per heavy atom. The molecule has 40 heavy (non-hydrogen) atoms. The number of carboxylic acids is 1. The van der Waals surface area contributed by atoms with Crippen LogP contribution in [0.2, 0.25) is 0 Å². The Morgan fingerprint density at radius 3 is 2.12 bits per heavy atom. The molecule has 3 rings (SSSR count). The minimum atomic E-state index is -4.79. The molecule has 0 unspecified atom stereocenters. The molecular formula is C26H28F6N4O4. The number of alkyl halides is 6. The van der Waals surface area contributed by atoms with Crippen LogP contribution in [0.15, 0.2) is 48.7 Å². The minimum absolute atomic E-state index is 0.0401. The molecule has 0 fully saturated rings. The van der Waals surface area contributed by atoms with E-state index in [1.54, 1.807) is 12.1 Å². The predicted molar refractivity (Wildman–Crippen MR) is 134 cm³/mol. The highest BCUT2D eigenvalue weighted by Gasteiger charge is 2.36. The molecule has 0 spiro atoms. The number of aromatic carboxylic acids is 1. The van der Waals surface area contributed by atoms with Gasteiger partial charge in [-0.2, -0.15) is 31.3 Å². The first-order valence-electron chi connectivity index (χ1n) is 11.7. The number of likely N-dealkylation sites (N-methyl/N-ethyl adjacent to an activating group) is 1. The van der Waals surface area contributed by atoms with Gasteiger partial charge in [-0.05, 0) is 63.5 Å².